The molecule has 7 nitrogen and oxygen atoms in total. The van der Waals surface area contributed by atoms with Gasteiger partial charge in [0.1, 0.15) is 6.04 Å². The van der Waals surface area contributed by atoms with Crippen LogP contribution in [0.1, 0.15) is 38.2 Å². The van der Waals surface area contributed by atoms with E-state index < -0.39 is 18.1 Å². The van der Waals surface area contributed by atoms with E-state index in [0.717, 1.165) is 5.56 Å². The maximum atomic E-state index is 12.5. The number of carbonyl (C=O) groups excluding carboxylic acids is 3. The van der Waals surface area contributed by atoms with Gasteiger partial charge >= 0.3 is 5.97 Å². The fourth-order valence-corrected chi connectivity index (χ4v) is 3.21. The molecule has 26 heavy (non-hydrogen) atoms. The Balaban J connectivity index is 1.94. The van der Waals surface area contributed by atoms with E-state index in [9.17, 15) is 19.2 Å². The van der Waals surface area contributed by atoms with Gasteiger partial charge in [-0.05, 0) is 24.8 Å². The average Bonchev–Trinajstić information content (AvgIpc) is 3.09. The molecule has 2 amide bonds. The Morgan fingerprint density at radius 3 is 2.50 bits per heavy atom. The monoisotopic (exact) mass is 360 g/mol. The molecular weight excluding hydrogens is 336 g/mol. The number of Topliss-reactive ketones (excluding diaryl/α,β-unsaturated/α-hetero) is 1. The molecule has 2 N–H and O–H groups in total. The number of amides is 2. The third-order valence-corrected chi connectivity index (χ3v) is 4.49. The topological polar surface area (TPSA) is 104 Å². The number of rotatable bonds is 8. The Bertz CT molecular complexity index is 674. The first-order valence-corrected chi connectivity index (χ1v) is 8.74. The zero-order chi connectivity index (χ0) is 19.1. The molecule has 1 heterocycles. The van der Waals surface area contributed by atoms with E-state index in [1.807, 2.05) is 30.3 Å². The van der Waals surface area contributed by atoms with E-state index >= 15 is 0 Å². The number of carboxylic acids is 1. The minimum absolute atomic E-state index is 0.0283. The lowest BCUT2D eigenvalue weighted by molar-refractivity contribution is -0.148. The number of hydrogen-bond donors (Lipinski definition) is 2. The first-order valence-electron chi connectivity index (χ1n) is 8.74. The Morgan fingerprint density at radius 2 is 1.88 bits per heavy atom. The Morgan fingerprint density at radius 1 is 1.19 bits per heavy atom. The van der Waals surface area contributed by atoms with Gasteiger partial charge in [-0.1, -0.05) is 30.3 Å². The summed E-state index contributed by atoms with van der Waals surface area (Å²) in [6, 6.07) is 7.82. The van der Waals surface area contributed by atoms with Crippen LogP contribution in [0.25, 0.3) is 0 Å². The van der Waals surface area contributed by atoms with E-state index in [-0.39, 0.29) is 30.4 Å². The van der Waals surface area contributed by atoms with Crippen molar-refractivity contribution in [3.05, 3.63) is 35.9 Å². The molecule has 7 heteroatoms. The van der Waals surface area contributed by atoms with Crippen molar-refractivity contribution in [2.45, 2.75) is 51.1 Å². The van der Waals surface area contributed by atoms with Gasteiger partial charge in [0.25, 0.3) is 0 Å². The van der Waals surface area contributed by atoms with Gasteiger partial charge in [0.05, 0.1) is 6.04 Å². The summed E-state index contributed by atoms with van der Waals surface area (Å²) in [5.74, 6) is -1.88. The lowest BCUT2D eigenvalue weighted by atomic mass is 9.99. The van der Waals surface area contributed by atoms with Gasteiger partial charge in [-0.25, -0.2) is 4.79 Å². The number of nitrogens with one attached hydrogen (secondary N) is 1. The van der Waals surface area contributed by atoms with Crippen LogP contribution in [0.5, 0.6) is 0 Å². The van der Waals surface area contributed by atoms with Crippen LogP contribution in [0, 0.1) is 0 Å². The van der Waals surface area contributed by atoms with Crippen molar-refractivity contribution in [3.8, 4) is 0 Å². The third-order valence-electron chi connectivity index (χ3n) is 4.49. The van der Waals surface area contributed by atoms with Crippen molar-refractivity contribution in [1.29, 1.82) is 0 Å². The number of benzene rings is 1. The summed E-state index contributed by atoms with van der Waals surface area (Å²) in [6.45, 7) is 1.75. The number of carboxylic acid groups (broad SMARTS) is 1. The maximum absolute atomic E-state index is 12.5. The number of carbonyl (C=O) groups is 4. The van der Waals surface area contributed by atoms with Crippen LogP contribution in [0.15, 0.2) is 30.3 Å². The highest BCUT2D eigenvalue weighted by atomic mass is 16.4. The van der Waals surface area contributed by atoms with Crippen LogP contribution in [-0.2, 0) is 25.6 Å². The number of ketones is 1. The minimum atomic E-state index is -1.01. The van der Waals surface area contributed by atoms with Gasteiger partial charge in [0.2, 0.25) is 11.8 Å². The summed E-state index contributed by atoms with van der Waals surface area (Å²) < 4.78 is 0. The molecule has 1 saturated heterocycles. The molecule has 1 aromatic carbocycles. The fourth-order valence-electron chi connectivity index (χ4n) is 3.21. The molecular formula is C19H24N2O5. The summed E-state index contributed by atoms with van der Waals surface area (Å²) in [7, 11) is 0. The highest BCUT2D eigenvalue weighted by Crippen LogP contribution is 2.19. The predicted octanol–water partition coefficient (Wildman–Crippen LogP) is 1.16. The second kappa shape index (κ2) is 9.12. The summed E-state index contributed by atoms with van der Waals surface area (Å²) in [4.78, 5) is 48.7. The molecule has 1 aliphatic rings. The van der Waals surface area contributed by atoms with E-state index in [0.29, 0.717) is 25.8 Å². The zero-order valence-electron chi connectivity index (χ0n) is 14.8. The van der Waals surface area contributed by atoms with Crippen molar-refractivity contribution in [2.75, 3.05) is 6.54 Å². The summed E-state index contributed by atoms with van der Waals surface area (Å²) >= 11 is 0. The summed E-state index contributed by atoms with van der Waals surface area (Å²) in [6.07, 6.45) is 1.37. The van der Waals surface area contributed by atoms with Gasteiger partial charge in [-0.3, -0.25) is 14.4 Å². The predicted molar refractivity (Wildman–Crippen MR) is 94.4 cm³/mol. The second-order valence-electron chi connectivity index (χ2n) is 6.49. The first-order chi connectivity index (χ1) is 12.4. The lowest BCUT2D eigenvalue weighted by Gasteiger charge is -2.22. The molecule has 0 aliphatic carbocycles. The molecule has 1 fully saturated rings. The van der Waals surface area contributed by atoms with Gasteiger partial charge in [-0.2, -0.15) is 0 Å². The van der Waals surface area contributed by atoms with E-state index in [2.05, 4.69) is 5.32 Å². The van der Waals surface area contributed by atoms with Crippen LogP contribution < -0.4 is 5.32 Å². The molecule has 1 aromatic rings. The minimum Gasteiger partial charge on any atom is -0.480 e. The molecule has 0 bridgehead atoms. The number of aliphatic carboxylic acids is 1. The van der Waals surface area contributed by atoms with Crippen molar-refractivity contribution < 1.29 is 24.3 Å². The van der Waals surface area contributed by atoms with Gasteiger partial charge < -0.3 is 15.3 Å². The Labute approximate surface area is 152 Å². The van der Waals surface area contributed by atoms with Crippen molar-refractivity contribution >= 4 is 23.6 Å². The SMILES string of the molecule is CC(=O)N[C@H](Cc1ccccc1)C(=O)CCC(=O)N1CCC[C@H]1C(=O)O. The normalized spacial score (nSPS) is 17.6. The quantitative estimate of drug-likeness (QED) is 0.724. The van der Waals surface area contributed by atoms with Crippen LogP contribution in [0.4, 0.5) is 0 Å². The van der Waals surface area contributed by atoms with Crippen LogP contribution in [0.3, 0.4) is 0 Å². The molecule has 0 saturated carbocycles. The van der Waals surface area contributed by atoms with Crippen LogP contribution in [-0.4, -0.2) is 52.2 Å². The standard InChI is InChI=1S/C19H24N2O5/c1-13(22)20-15(12-14-6-3-2-4-7-14)17(23)9-10-18(24)21-11-5-8-16(21)19(25)26/h2-4,6-7,15-16H,5,8-12H2,1H3,(H,20,22)(H,25,26)/t15-,16+/m1/s1. The van der Waals surface area contributed by atoms with Gasteiger partial charge in [0.15, 0.2) is 5.78 Å². The summed E-state index contributed by atoms with van der Waals surface area (Å²) in [5.41, 5.74) is 0.913. The highest BCUT2D eigenvalue weighted by molar-refractivity contribution is 5.92. The molecule has 2 rings (SSSR count). The Hall–Kier alpha value is -2.70. The molecule has 0 spiro atoms. The van der Waals surface area contributed by atoms with E-state index in [1.165, 1.54) is 11.8 Å². The zero-order valence-corrected chi connectivity index (χ0v) is 14.8. The highest BCUT2D eigenvalue weighted by Gasteiger charge is 2.34. The molecule has 1 aliphatic heterocycles. The smallest absolute Gasteiger partial charge is 0.326 e. The van der Waals surface area contributed by atoms with E-state index in [4.69, 9.17) is 5.11 Å². The number of likely N-dealkylation sites (tertiary alicyclic amines) is 1. The molecule has 2 atom stereocenters. The third kappa shape index (κ3) is 5.40. The first kappa shape index (κ1) is 19.6. The number of nitrogens with zero attached hydrogens (tertiary/aromatic N) is 1. The number of hydrogen-bond acceptors (Lipinski definition) is 4. The average molecular weight is 360 g/mol. The summed E-state index contributed by atoms with van der Waals surface area (Å²) in [5, 5.41) is 11.8. The maximum Gasteiger partial charge on any atom is 0.326 e. The van der Waals surface area contributed by atoms with Gasteiger partial charge in [-0.15, -0.1) is 0 Å². The van der Waals surface area contributed by atoms with Gasteiger partial charge in [0, 0.05) is 26.3 Å². The fraction of sp³-hybridized carbons (Fsp3) is 0.474. The molecule has 0 unspecified atom stereocenters. The van der Waals surface area contributed by atoms with Crippen LogP contribution >= 0.6 is 0 Å². The lowest BCUT2D eigenvalue weighted by Crippen LogP contribution is -2.43. The molecule has 0 aromatic heterocycles. The van der Waals surface area contributed by atoms with E-state index in [1.54, 1.807) is 0 Å². The second-order valence-corrected chi connectivity index (χ2v) is 6.49. The van der Waals surface area contributed by atoms with Crippen molar-refractivity contribution in [3.63, 3.8) is 0 Å². The van der Waals surface area contributed by atoms with Crippen LogP contribution in [0.2, 0.25) is 0 Å². The molecule has 140 valence electrons. The van der Waals surface area contributed by atoms with Crippen molar-refractivity contribution in [1.82, 2.24) is 10.2 Å². The Kier molecular flexibility index (Phi) is 6.89. The molecule has 0 radical (unpaired) electrons. The van der Waals surface area contributed by atoms with Crippen molar-refractivity contribution in [2.24, 2.45) is 0 Å². The largest absolute Gasteiger partial charge is 0.480 e.